The predicted molar refractivity (Wildman–Crippen MR) is 87.6 cm³/mol. The minimum Gasteiger partial charge on any atom is -0.472 e. The molecule has 2 amide bonds. The van der Waals surface area contributed by atoms with Gasteiger partial charge >= 0.3 is 6.03 Å². The van der Waals surface area contributed by atoms with Crippen molar-refractivity contribution in [3.63, 3.8) is 0 Å². The van der Waals surface area contributed by atoms with Gasteiger partial charge in [0.25, 0.3) is 0 Å². The van der Waals surface area contributed by atoms with Crippen molar-refractivity contribution in [1.82, 2.24) is 20.2 Å². The third-order valence-electron chi connectivity index (χ3n) is 3.77. The fourth-order valence-corrected chi connectivity index (χ4v) is 2.45. The van der Waals surface area contributed by atoms with Gasteiger partial charge < -0.3 is 24.3 Å². The highest BCUT2D eigenvalue weighted by Gasteiger charge is 2.26. The van der Waals surface area contributed by atoms with E-state index in [1.807, 2.05) is 31.1 Å². The van der Waals surface area contributed by atoms with Crippen molar-refractivity contribution >= 4 is 12.0 Å². The highest BCUT2D eigenvalue weighted by Crippen LogP contribution is 2.21. The lowest BCUT2D eigenvalue weighted by molar-refractivity contribution is -0.0176. The quantitative estimate of drug-likeness (QED) is 0.912. The lowest BCUT2D eigenvalue weighted by Gasteiger charge is -2.32. The number of amides is 2. The molecular formula is C16H21N5O3. The minimum absolute atomic E-state index is 0.119. The van der Waals surface area contributed by atoms with Crippen molar-refractivity contribution in [1.29, 1.82) is 0 Å². The summed E-state index contributed by atoms with van der Waals surface area (Å²) in [7, 11) is 3.77. The molecule has 1 unspecified atom stereocenters. The molecule has 1 saturated heterocycles. The molecule has 0 radical (unpaired) electrons. The van der Waals surface area contributed by atoms with Crippen LogP contribution in [0.2, 0.25) is 0 Å². The SMILES string of the molecule is CN(C)c1nccc(C2CN(C(=O)NCc3ccoc3)CCO2)n1. The van der Waals surface area contributed by atoms with Gasteiger partial charge in [-0.1, -0.05) is 0 Å². The Morgan fingerprint density at radius 3 is 3.08 bits per heavy atom. The molecule has 8 nitrogen and oxygen atoms in total. The van der Waals surface area contributed by atoms with Crippen LogP contribution in [0.3, 0.4) is 0 Å². The molecule has 3 rings (SSSR count). The van der Waals surface area contributed by atoms with E-state index in [2.05, 4.69) is 15.3 Å². The summed E-state index contributed by atoms with van der Waals surface area (Å²) in [6, 6.07) is 3.53. The largest absolute Gasteiger partial charge is 0.472 e. The Morgan fingerprint density at radius 1 is 1.46 bits per heavy atom. The number of urea groups is 1. The van der Waals surface area contributed by atoms with E-state index in [0.717, 1.165) is 11.3 Å². The van der Waals surface area contributed by atoms with Crippen LogP contribution in [0.15, 0.2) is 35.3 Å². The smallest absolute Gasteiger partial charge is 0.317 e. The average Bonchev–Trinajstić information content (AvgIpc) is 3.13. The molecule has 1 atom stereocenters. The molecule has 1 fully saturated rings. The van der Waals surface area contributed by atoms with Gasteiger partial charge in [0, 0.05) is 38.9 Å². The van der Waals surface area contributed by atoms with E-state index in [9.17, 15) is 4.79 Å². The summed E-state index contributed by atoms with van der Waals surface area (Å²) in [4.78, 5) is 24.6. The highest BCUT2D eigenvalue weighted by atomic mass is 16.5. The van der Waals surface area contributed by atoms with E-state index in [0.29, 0.717) is 32.2 Å². The number of nitrogens with one attached hydrogen (secondary N) is 1. The van der Waals surface area contributed by atoms with Crippen molar-refractivity contribution in [2.45, 2.75) is 12.6 Å². The number of hydrogen-bond donors (Lipinski definition) is 1. The number of nitrogens with zero attached hydrogens (tertiary/aromatic N) is 4. The summed E-state index contributed by atoms with van der Waals surface area (Å²) in [6.07, 6.45) is 4.66. The Balaban J connectivity index is 1.61. The van der Waals surface area contributed by atoms with Gasteiger partial charge in [-0.05, 0) is 12.1 Å². The number of carbonyl (C=O) groups excluding carboxylic acids is 1. The first-order valence-corrected chi connectivity index (χ1v) is 7.79. The molecule has 128 valence electrons. The normalized spacial score (nSPS) is 17.6. The van der Waals surface area contributed by atoms with Gasteiger partial charge in [0.2, 0.25) is 5.95 Å². The van der Waals surface area contributed by atoms with Crippen LogP contribution < -0.4 is 10.2 Å². The summed E-state index contributed by atoms with van der Waals surface area (Å²) >= 11 is 0. The fraction of sp³-hybridized carbons (Fsp3) is 0.438. The van der Waals surface area contributed by atoms with E-state index in [4.69, 9.17) is 9.15 Å². The van der Waals surface area contributed by atoms with E-state index >= 15 is 0 Å². The maximum atomic E-state index is 12.3. The van der Waals surface area contributed by atoms with Crippen molar-refractivity contribution in [2.75, 3.05) is 38.7 Å². The highest BCUT2D eigenvalue weighted by molar-refractivity contribution is 5.74. The average molecular weight is 331 g/mol. The van der Waals surface area contributed by atoms with E-state index < -0.39 is 0 Å². The van der Waals surface area contributed by atoms with Crippen LogP contribution in [0.4, 0.5) is 10.7 Å². The fourth-order valence-electron chi connectivity index (χ4n) is 2.45. The topological polar surface area (TPSA) is 83.7 Å². The van der Waals surface area contributed by atoms with Crippen LogP contribution in [0.1, 0.15) is 17.4 Å². The molecule has 2 aromatic rings. The molecule has 1 aliphatic rings. The summed E-state index contributed by atoms with van der Waals surface area (Å²) in [5.74, 6) is 0.623. The molecule has 1 N–H and O–H groups in total. The third kappa shape index (κ3) is 3.83. The Hall–Kier alpha value is -2.61. The third-order valence-corrected chi connectivity index (χ3v) is 3.77. The maximum Gasteiger partial charge on any atom is 0.317 e. The molecule has 0 spiro atoms. The Kier molecular flexibility index (Phi) is 4.95. The monoisotopic (exact) mass is 331 g/mol. The van der Waals surface area contributed by atoms with Crippen molar-refractivity contribution in [3.8, 4) is 0 Å². The lowest BCUT2D eigenvalue weighted by atomic mass is 10.2. The second-order valence-corrected chi connectivity index (χ2v) is 5.77. The zero-order valence-electron chi connectivity index (χ0n) is 13.8. The molecular weight excluding hydrogens is 310 g/mol. The van der Waals surface area contributed by atoms with Crippen LogP contribution in [0, 0.1) is 0 Å². The van der Waals surface area contributed by atoms with Gasteiger partial charge in [-0.25, -0.2) is 14.8 Å². The number of ether oxygens (including phenoxy) is 1. The number of hydrogen-bond acceptors (Lipinski definition) is 6. The number of anilines is 1. The van der Waals surface area contributed by atoms with Gasteiger partial charge in [0.05, 0.1) is 31.4 Å². The number of aromatic nitrogens is 2. The number of furan rings is 1. The van der Waals surface area contributed by atoms with E-state index in [-0.39, 0.29) is 12.1 Å². The Bertz CT molecular complexity index is 674. The van der Waals surface area contributed by atoms with Gasteiger partial charge in [-0.15, -0.1) is 0 Å². The summed E-state index contributed by atoms with van der Waals surface area (Å²) in [5.41, 5.74) is 1.71. The van der Waals surface area contributed by atoms with Crippen LogP contribution in [-0.4, -0.2) is 54.7 Å². The lowest BCUT2D eigenvalue weighted by Crippen LogP contribution is -2.47. The van der Waals surface area contributed by atoms with E-state index in [1.54, 1.807) is 23.6 Å². The number of carbonyl (C=O) groups is 1. The molecule has 2 aromatic heterocycles. The van der Waals surface area contributed by atoms with Crippen LogP contribution >= 0.6 is 0 Å². The predicted octanol–water partition coefficient (Wildman–Crippen LogP) is 1.42. The summed E-state index contributed by atoms with van der Waals surface area (Å²) in [6.45, 7) is 1.93. The minimum atomic E-state index is -0.250. The second kappa shape index (κ2) is 7.31. The first-order chi connectivity index (χ1) is 11.6. The van der Waals surface area contributed by atoms with Gasteiger partial charge in [0.1, 0.15) is 6.10 Å². The van der Waals surface area contributed by atoms with Gasteiger partial charge in [-0.3, -0.25) is 0 Å². The van der Waals surface area contributed by atoms with Gasteiger partial charge in [-0.2, -0.15) is 0 Å². The standard InChI is InChI=1S/C16H21N5O3/c1-20(2)15-17-5-3-13(19-15)14-10-21(6-8-24-14)16(22)18-9-12-4-7-23-11-12/h3-5,7,11,14H,6,8-10H2,1-2H3,(H,18,22). The summed E-state index contributed by atoms with van der Waals surface area (Å²) in [5, 5.41) is 2.89. The zero-order chi connectivity index (χ0) is 16.9. The molecule has 0 bridgehead atoms. The molecule has 0 saturated carbocycles. The first-order valence-electron chi connectivity index (χ1n) is 7.79. The Morgan fingerprint density at radius 2 is 2.33 bits per heavy atom. The maximum absolute atomic E-state index is 12.3. The molecule has 0 aliphatic carbocycles. The van der Waals surface area contributed by atoms with Crippen molar-refractivity contribution < 1.29 is 13.9 Å². The Labute approximate surface area is 140 Å². The van der Waals surface area contributed by atoms with Gasteiger partial charge in [0.15, 0.2) is 0 Å². The first kappa shape index (κ1) is 16.3. The molecule has 0 aromatic carbocycles. The molecule has 1 aliphatic heterocycles. The molecule has 3 heterocycles. The van der Waals surface area contributed by atoms with Crippen LogP contribution in [0.5, 0.6) is 0 Å². The van der Waals surface area contributed by atoms with Crippen LogP contribution in [0.25, 0.3) is 0 Å². The van der Waals surface area contributed by atoms with Crippen molar-refractivity contribution in [3.05, 3.63) is 42.1 Å². The summed E-state index contributed by atoms with van der Waals surface area (Å²) < 4.78 is 10.8. The molecule has 24 heavy (non-hydrogen) atoms. The van der Waals surface area contributed by atoms with E-state index in [1.165, 1.54) is 0 Å². The number of morpholine rings is 1. The molecule has 8 heteroatoms. The zero-order valence-corrected chi connectivity index (χ0v) is 13.8. The number of rotatable bonds is 4. The second-order valence-electron chi connectivity index (χ2n) is 5.77. The van der Waals surface area contributed by atoms with Crippen LogP contribution in [-0.2, 0) is 11.3 Å². The van der Waals surface area contributed by atoms with Crippen molar-refractivity contribution in [2.24, 2.45) is 0 Å².